The Kier molecular flexibility index (Phi) is 6.26. The minimum atomic E-state index is -3.34. The normalized spacial score (nSPS) is 14.6. The van der Waals surface area contributed by atoms with E-state index in [9.17, 15) is 8.42 Å². The molecule has 0 heterocycles. The van der Waals surface area contributed by atoms with Crippen molar-refractivity contribution in [3.63, 3.8) is 0 Å². The predicted octanol–water partition coefficient (Wildman–Crippen LogP) is -0.762. The first kappa shape index (κ1) is 13.8. The van der Waals surface area contributed by atoms with Crippen LogP contribution in [0.2, 0.25) is 0 Å². The van der Waals surface area contributed by atoms with Crippen molar-refractivity contribution < 1.29 is 13.5 Å². The zero-order chi connectivity index (χ0) is 11.2. The number of likely N-dealkylation sites (N-methyl/N-ethyl adjacent to an activating group) is 1. The number of aliphatic hydroxyl groups excluding tert-OH is 1. The monoisotopic (exact) mass is 224 g/mol. The van der Waals surface area contributed by atoms with Crippen LogP contribution >= 0.6 is 0 Å². The molecule has 0 aromatic carbocycles. The molecule has 0 fully saturated rings. The Morgan fingerprint density at radius 3 is 2.50 bits per heavy atom. The molecule has 0 spiro atoms. The van der Waals surface area contributed by atoms with E-state index in [1.165, 1.54) is 6.92 Å². The van der Waals surface area contributed by atoms with E-state index in [-0.39, 0.29) is 6.61 Å². The van der Waals surface area contributed by atoms with Crippen LogP contribution < -0.4 is 4.72 Å². The fraction of sp³-hybridized carbons (Fsp3) is 1.00. The number of nitrogens with one attached hydrogen (secondary N) is 1. The first-order valence-corrected chi connectivity index (χ1v) is 6.26. The average Bonchev–Trinajstić information content (AvgIpc) is 2.15. The van der Waals surface area contributed by atoms with Gasteiger partial charge in [-0.1, -0.05) is 6.92 Å². The largest absolute Gasteiger partial charge is 0.395 e. The molecule has 0 rings (SSSR count). The fourth-order valence-corrected chi connectivity index (χ4v) is 1.63. The van der Waals surface area contributed by atoms with Gasteiger partial charge in [0.15, 0.2) is 0 Å². The predicted molar refractivity (Wildman–Crippen MR) is 56.6 cm³/mol. The maximum Gasteiger partial charge on any atom is 0.216 e. The highest BCUT2D eigenvalue weighted by Crippen LogP contribution is 1.95. The van der Waals surface area contributed by atoms with Gasteiger partial charge in [-0.2, -0.15) is 0 Å². The molecule has 0 saturated carbocycles. The van der Waals surface area contributed by atoms with Crippen LogP contribution in [0.15, 0.2) is 0 Å². The van der Waals surface area contributed by atoms with E-state index >= 15 is 0 Å². The Bertz CT molecular complexity index is 241. The molecule has 2 N–H and O–H groups in total. The second-order valence-electron chi connectivity index (χ2n) is 3.33. The summed E-state index contributed by atoms with van der Waals surface area (Å²) in [6.45, 7) is 5.08. The Hall–Kier alpha value is -0.170. The van der Waals surface area contributed by atoms with E-state index in [1.54, 1.807) is 0 Å². The summed E-state index contributed by atoms with van der Waals surface area (Å²) in [5.74, 6) is 0. The van der Waals surface area contributed by atoms with Gasteiger partial charge in [0, 0.05) is 13.1 Å². The van der Waals surface area contributed by atoms with Crippen molar-refractivity contribution in [2.75, 3.05) is 33.3 Å². The lowest BCUT2D eigenvalue weighted by Gasteiger charge is -2.15. The summed E-state index contributed by atoms with van der Waals surface area (Å²) in [6, 6.07) is 0. The lowest BCUT2D eigenvalue weighted by molar-refractivity contribution is 0.294. The fourth-order valence-electron chi connectivity index (χ4n) is 0.777. The minimum absolute atomic E-state index is 0.348. The molecule has 0 aliphatic heterocycles. The Morgan fingerprint density at radius 1 is 1.50 bits per heavy atom. The molecule has 1 unspecified atom stereocenters. The van der Waals surface area contributed by atoms with Crippen molar-refractivity contribution in [2.24, 2.45) is 0 Å². The van der Waals surface area contributed by atoms with Gasteiger partial charge in [-0.3, -0.25) is 0 Å². The van der Waals surface area contributed by atoms with E-state index in [4.69, 9.17) is 5.11 Å². The molecule has 0 bridgehead atoms. The van der Waals surface area contributed by atoms with E-state index in [2.05, 4.69) is 4.72 Å². The van der Waals surface area contributed by atoms with Crippen molar-refractivity contribution >= 4 is 10.0 Å². The number of aliphatic hydroxyl groups is 1. The molecule has 0 aliphatic rings. The zero-order valence-corrected chi connectivity index (χ0v) is 9.84. The smallest absolute Gasteiger partial charge is 0.216 e. The van der Waals surface area contributed by atoms with Crippen LogP contribution in [0.3, 0.4) is 0 Å². The van der Waals surface area contributed by atoms with Crippen LogP contribution in [-0.4, -0.2) is 57.0 Å². The van der Waals surface area contributed by atoms with Gasteiger partial charge in [0.1, 0.15) is 0 Å². The van der Waals surface area contributed by atoms with Crippen LogP contribution in [-0.2, 0) is 10.0 Å². The third-order valence-corrected chi connectivity index (χ3v) is 3.94. The van der Waals surface area contributed by atoms with Crippen molar-refractivity contribution in [3.8, 4) is 0 Å². The van der Waals surface area contributed by atoms with Gasteiger partial charge < -0.3 is 10.0 Å². The molecule has 0 radical (unpaired) electrons. The number of nitrogens with zero attached hydrogens (tertiary/aromatic N) is 1. The maximum atomic E-state index is 11.3. The third kappa shape index (κ3) is 4.90. The standard InChI is InChI=1S/C8H20N2O3S/c1-4-10(3)6-5-9-14(12,13)8(2)7-11/h8-9,11H,4-7H2,1-3H3. The molecule has 0 amide bonds. The summed E-state index contributed by atoms with van der Waals surface area (Å²) in [7, 11) is -1.42. The zero-order valence-electron chi connectivity index (χ0n) is 9.02. The van der Waals surface area contributed by atoms with Gasteiger partial charge in [-0.15, -0.1) is 0 Å². The number of hydrogen-bond acceptors (Lipinski definition) is 4. The minimum Gasteiger partial charge on any atom is -0.395 e. The maximum absolute atomic E-state index is 11.3. The van der Waals surface area contributed by atoms with Crippen molar-refractivity contribution in [1.29, 1.82) is 0 Å². The summed E-state index contributed by atoms with van der Waals surface area (Å²) in [6.07, 6.45) is 0. The van der Waals surface area contributed by atoms with Gasteiger partial charge >= 0.3 is 0 Å². The summed E-state index contributed by atoms with van der Waals surface area (Å²) < 4.78 is 25.1. The van der Waals surface area contributed by atoms with Crippen LogP contribution in [0, 0.1) is 0 Å². The summed E-state index contributed by atoms with van der Waals surface area (Å²) in [5.41, 5.74) is 0. The molecular weight excluding hydrogens is 204 g/mol. The highest BCUT2D eigenvalue weighted by Gasteiger charge is 2.18. The topological polar surface area (TPSA) is 69.6 Å². The molecule has 5 nitrogen and oxygen atoms in total. The van der Waals surface area contributed by atoms with Crippen molar-refractivity contribution in [3.05, 3.63) is 0 Å². The SMILES string of the molecule is CCN(C)CCNS(=O)(=O)C(C)CO. The molecule has 14 heavy (non-hydrogen) atoms. The van der Waals surface area contributed by atoms with Gasteiger partial charge in [0.2, 0.25) is 10.0 Å². The van der Waals surface area contributed by atoms with Gasteiger partial charge in [-0.25, -0.2) is 13.1 Å². The van der Waals surface area contributed by atoms with Gasteiger partial charge in [0.05, 0.1) is 11.9 Å². The molecule has 6 heteroatoms. The second-order valence-corrected chi connectivity index (χ2v) is 5.51. The summed E-state index contributed by atoms with van der Waals surface area (Å²) in [4.78, 5) is 2.01. The quantitative estimate of drug-likeness (QED) is 0.596. The lowest BCUT2D eigenvalue weighted by Crippen LogP contribution is -2.38. The van der Waals surface area contributed by atoms with Crippen molar-refractivity contribution in [1.82, 2.24) is 9.62 Å². The Morgan fingerprint density at radius 2 is 2.07 bits per heavy atom. The van der Waals surface area contributed by atoms with Gasteiger partial charge in [-0.05, 0) is 20.5 Å². The second kappa shape index (κ2) is 6.34. The summed E-state index contributed by atoms with van der Waals surface area (Å²) >= 11 is 0. The third-order valence-electron chi connectivity index (χ3n) is 2.12. The molecule has 0 saturated heterocycles. The Labute approximate surface area is 86.2 Å². The van der Waals surface area contributed by atoms with Crippen LogP contribution in [0.25, 0.3) is 0 Å². The van der Waals surface area contributed by atoms with E-state index < -0.39 is 15.3 Å². The molecule has 86 valence electrons. The molecule has 0 aromatic heterocycles. The highest BCUT2D eigenvalue weighted by molar-refractivity contribution is 7.90. The Balaban J connectivity index is 3.89. The molecule has 1 atom stereocenters. The number of rotatable bonds is 7. The van der Waals surface area contributed by atoms with Crippen molar-refractivity contribution in [2.45, 2.75) is 19.1 Å². The highest BCUT2D eigenvalue weighted by atomic mass is 32.2. The molecule has 0 aromatic rings. The molecule has 0 aliphatic carbocycles. The number of sulfonamides is 1. The van der Waals surface area contributed by atoms with Crippen LogP contribution in [0.4, 0.5) is 0 Å². The van der Waals surface area contributed by atoms with E-state index in [0.717, 1.165) is 6.54 Å². The van der Waals surface area contributed by atoms with Crippen LogP contribution in [0.1, 0.15) is 13.8 Å². The summed E-state index contributed by atoms with van der Waals surface area (Å²) in [5, 5.41) is 7.95. The molecular formula is C8H20N2O3S. The lowest BCUT2D eigenvalue weighted by atomic mass is 10.5. The number of hydrogen-bond donors (Lipinski definition) is 2. The van der Waals surface area contributed by atoms with Gasteiger partial charge in [0.25, 0.3) is 0 Å². The first-order valence-electron chi connectivity index (χ1n) is 4.72. The first-order chi connectivity index (χ1) is 6.44. The average molecular weight is 224 g/mol. The van der Waals surface area contributed by atoms with Crippen LogP contribution in [0.5, 0.6) is 0 Å². The van der Waals surface area contributed by atoms with E-state index in [1.807, 2.05) is 18.9 Å². The van der Waals surface area contributed by atoms with E-state index in [0.29, 0.717) is 13.1 Å².